The molecule has 142 valence electrons. The van der Waals surface area contributed by atoms with Gasteiger partial charge in [-0.2, -0.15) is 0 Å². The van der Waals surface area contributed by atoms with Crippen LogP contribution in [0.15, 0.2) is 30.9 Å². The molecule has 0 aliphatic heterocycles. The van der Waals surface area contributed by atoms with Gasteiger partial charge in [0.05, 0.1) is 0 Å². The first-order valence-corrected chi connectivity index (χ1v) is 15.0. The number of hydrogen-bond acceptors (Lipinski definition) is 2. The molecule has 0 unspecified atom stereocenters. The van der Waals surface area contributed by atoms with E-state index >= 15 is 0 Å². The first kappa shape index (κ1) is 22.0. The van der Waals surface area contributed by atoms with Crippen molar-refractivity contribution in [2.24, 2.45) is 0 Å². The SMILES string of the molecule is C=CCc1ccc(O[Si](C)(C)C(C)(C)C)c(O[Si](C)(C)C(C)(C)C)c1. The third-order valence-corrected chi connectivity index (χ3v) is 14.4. The topological polar surface area (TPSA) is 18.5 Å². The van der Waals surface area contributed by atoms with E-state index in [1.165, 1.54) is 5.56 Å². The van der Waals surface area contributed by atoms with Gasteiger partial charge in [0.2, 0.25) is 0 Å². The molecule has 0 N–H and O–H groups in total. The zero-order valence-electron chi connectivity index (χ0n) is 18.0. The second kappa shape index (κ2) is 7.32. The maximum absolute atomic E-state index is 6.64. The Labute approximate surface area is 157 Å². The molecule has 0 aromatic heterocycles. The second-order valence-electron chi connectivity index (χ2n) is 10.00. The fourth-order valence-corrected chi connectivity index (χ4v) is 3.91. The highest BCUT2D eigenvalue weighted by molar-refractivity contribution is 6.75. The molecule has 0 amide bonds. The lowest BCUT2D eigenvalue weighted by Crippen LogP contribution is -2.45. The molecule has 0 aliphatic carbocycles. The molecule has 0 spiro atoms. The zero-order chi connectivity index (χ0) is 19.7. The quantitative estimate of drug-likeness (QED) is 0.385. The van der Waals surface area contributed by atoms with Gasteiger partial charge < -0.3 is 8.85 Å². The van der Waals surface area contributed by atoms with Crippen molar-refractivity contribution in [2.75, 3.05) is 0 Å². The summed E-state index contributed by atoms with van der Waals surface area (Å²) in [4.78, 5) is 0. The Hall–Kier alpha value is -1.01. The molecule has 4 heteroatoms. The standard InChI is InChI=1S/C21H38O2Si2/c1-12-13-17-14-15-18(22-24(8,9)20(2,3)4)19(16-17)23-25(10,11)21(5,6)7/h12,14-16H,1,13H2,2-11H3. The highest BCUT2D eigenvalue weighted by Crippen LogP contribution is 2.43. The van der Waals surface area contributed by atoms with Crippen LogP contribution >= 0.6 is 0 Å². The lowest BCUT2D eigenvalue weighted by molar-refractivity contribution is 0.440. The van der Waals surface area contributed by atoms with Crippen LogP contribution in [-0.2, 0) is 6.42 Å². The van der Waals surface area contributed by atoms with E-state index in [0.29, 0.717) is 0 Å². The summed E-state index contributed by atoms with van der Waals surface area (Å²) in [7, 11) is -3.85. The minimum absolute atomic E-state index is 0.148. The molecule has 0 heterocycles. The van der Waals surface area contributed by atoms with Crippen molar-refractivity contribution in [3.63, 3.8) is 0 Å². The number of benzene rings is 1. The monoisotopic (exact) mass is 378 g/mol. The summed E-state index contributed by atoms with van der Waals surface area (Å²) in [6.45, 7) is 26.6. The molecule has 0 saturated heterocycles. The first-order chi connectivity index (χ1) is 11.1. The molecule has 1 rings (SSSR count). The van der Waals surface area contributed by atoms with Crippen LogP contribution in [0.1, 0.15) is 47.1 Å². The van der Waals surface area contributed by atoms with E-state index in [0.717, 1.165) is 17.9 Å². The van der Waals surface area contributed by atoms with E-state index in [1.807, 2.05) is 6.08 Å². The van der Waals surface area contributed by atoms with Crippen LogP contribution in [0, 0.1) is 0 Å². The number of rotatable bonds is 6. The van der Waals surface area contributed by atoms with E-state index in [1.54, 1.807) is 0 Å². The summed E-state index contributed by atoms with van der Waals surface area (Å²) in [5, 5.41) is 0.302. The molecule has 2 nitrogen and oxygen atoms in total. The second-order valence-corrected chi connectivity index (χ2v) is 19.4. The van der Waals surface area contributed by atoms with Gasteiger partial charge in [-0.15, -0.1) is 6.58 Å². The third-order valence-electron chi connectivity index (χ3n) is 5.73. The summed E-state index contributed by atoms with van der Waals surface area (Å²) in [6, 6.07) is 6.36. The summed E-state index contributed by atoms with van der Waals surface area (Å²) in [6.07, 6.45) is 2.77. The van der Waals surface area contributed by atoms with Gasteiger partial charge in [-0.25, -0.2) is 0 Å². The van der Waals surface area contributed by atoms with Crippen LogP contribution in [0.25, 0.3) is 0 Å². The maximum Gasteiger partial charge on any atom is 0.250 e. The smallest absolute Gasteiger partial charge is 0.250 e. The van der Waals surface area contributed by atoms with Gasteiger partial charge in [0.15, 0.2) is 0 Å². The minimum atomic E-state index is -1.93. The van der Waals surface area contributed by atoms with E-state index < -0.39 is 16.6 Å². The van der Waals surface area contributed by atoms with Crippen LogP contribution in [0.2, 0.25) is 36.3 Å². The van der Waals surface area contributed by atoms with Crippen molar-refractivity contribution in [3.05, 3.63) is 36.4 Å². The molecule has 25 heavy (non-hydrogen) atoms. The third kappa shape index (κ3) is 5.48. The molecule has 0 aliphatic rings. The van der Waals surface area contributed by atoms with E-state index in [2.05, 4.69) is 92.5 Å². The van der Waals surface area contributed by atoms with Gasteiger partial charge in [-0.05, 0) is 60.4 Å². The van der Waals surface area contributed by atoms with Gasteiger partial charge in [0.25, 0.3) is 16.6 Å². The van der Waals surface area contributed by atoms with Crippen molar-refractivity contribution in [1.29, 1.82) is 0 Å². The Bertz CT molecular complexity index is 605. The van der Waals surface area contributed by atoms with E-state index in [9.17, 15) is 0 Å². The fraction of sp³-hybridized carbons (Fsp3) is 0.619. The number of hydrogen-bond donors (Lipinski definition) is 0. The molecule has 1 aromatic rings. The Kier molecular flexibility index (Phi) is 6.45. The van der Waals surface area contributed by atoms with E-state index in [4.69, 9.17) is 8.85 Å². The Morgan fingerprint density at radius 2 is 1.28 bits per heavy atom. The summed E-state index contributed by atoms with van der Waals surface area (Å²) >= 11 is 0. The van der Waals surface area contributed by atoms with Crippen LogP contribution in [0.3, 0.4) is 0 Å². The van der Waals surface area contributed by atoms with Crippen molar-refractivity contribution in [1.82, 2.24) is 0 Å². The fourth-order valence-electron chi connectivity index (χ4n) is 1.87. The molecule has 1 aromatic carbocycles. The summed E-state index contributed by atoms with van der Waals surface area (Å²) < 4.78 is 13.2. The molecule has 0 fully saturated rings. The molecular formula is C21H38O2Si2. The Morgan fingerprint density at radius 3 is 1.68 bits per heavy atom. The average molecular weight is 379 g/mol. The molecule has 0 saturated carbocycles. The van der Waals surface area contributed by atoms with Crippen molar-refractivity contribution in [2.45, 2.75) is 84.2 Å². The van der Waals surface area contributed by atoms with Gasteiger partial charge >= 0.3 is 0 Å². The lowest BCUT2D eigenvalue weighted by atomic mass is 10.1. The van der Waals surface area contributed by atoms with Crippen molar-refractivity contribution < 1.29 is 8.85 Å². The van der Waals surface area contributed by atoms with Gasteiger partial charge in [-0.3, -0.25) is 0 Å². The molecule has 0 bridgehead atoms. The van der Waals surface area contributed by atoms with Crippen LogP contribution in [-0.4, -0.2) is 16.6 Å². The normalized spacial score (nSPS) is 13.5. The number of allylic oxidation sites excluding steroid dienone is 1. The van der Waals surface area contributed by atoms with Gasteiger partial charge in [0.1, 0.15) is 11.5 Å². The lowest BCUT2D eigenvalue weighted by Gasteiger charge is -2.39. The highest BCUT2D eigenvalue weighted by atomic mass is 28.4. The molecular weight excluding hydrogens is 340 g/mol. The average Bonchev–Trinajstić information content (AvgIpc) is 2.39. The molecule has 0 radical (unpaired) electrons. The van der Waals surface area contributed by atoms with Gasteiger partial charge in [-0.1, -0.05) is 53.7 Å². The predicted molar refractivity (Wildman–Crippen MR) is 116 cm³/mol. The summed E-state index contributed by atoms with van der Waals surface area (Å²) in [5.41, 5.74) is 1.21. The Morgan fingerprint density at radius 1 is 0.840 bits per heavy atom. The summed E-state index contributed by atoms with van der Waals surface area (Å²) in [5.74, 6) is 1.79. The highest BCUT2D eigenvalue weighted by Gasteiger charge is 2.42. The minimum Gasteiger partial charge on any atom is -0.541 e. The van der Waals surface area contributed by atoms with Gasteiger partial charge in [0, 0.05) is 0 Å². The maximum atomic E-state index is 6.64. The largest absolute Gasteiger partial charge is 0.541 e. The first-order valence-electron chi connectivity index (χ1n) is 9.22. The van der Waals surface area contributed by atoms with E-state index in [-0.39, 0.29) is 10.1 Å². The van der Waals surface area contributed by atoms with Crippen molar-refractivity contribution >= 4 is 16.6 Å². The van der Waals surface area contributed by atoms with Crippen LogP contribution in [0.5, 0.6) is 11.5 Å². The zero-order valence-corrected chi connectivity index (χ0v) is 20.0. The van der Waals surface area contributed by atoms with Crippen LogP contribution in [0.4, 0.5) is 0 Å². The predicted octanol–water partition coefficient (Wildman–Crippen LogP) is 7.18. The molecule has 0 atom stereocenters. The van der Waals surface area contributed by atoms with Crippen molar-refractivity contribution in [3.8, 4) is 11.5 Å². The Balaban J connectivity index is 3.32. The van der Waals surface area contributed by atoms with Crippen LogP contribution < -0.4 is 8.85 Å².